The third-order valence-corrected chi connectivity index (χ3v) is 5.46. The number of aromatic amines is 1. The molecule has 0 atom stereocenters. The first kappa shape index (κ1) is 19.0. The van der Waals surface area contributed by atoms with Crippen molar-refractivity contribution in [3.63, 3.8) is 0 Å². The molecule has 0 bridgehead atoms. The first-order valence-corrected chi connectivity index (χ1v) is 9.40. The molecule has 0 aliphatic rings. The number of rotatable bonds is 7. The molecule has 0 aliphatic heterocycles. The third kappa shape index (κ3) is 3.52. The fourth-order valence-corrected chi connectivity index (χ4v) is 3.75. The molecule has 0 saturated heterocycles. The van der Waals surface area contributed by atoms with Crippen LogP contribution in [-0.4, -0.2) is 42.5 Å². The summed E-state index contributed by atoms with van der Waals surface area (Å²) in [6.45, 7) is 10.5. The minimum absolute atomic E-state index is 0.179. The average Bonchev–Trinajstić information content (AvgIpc) is 2.88. The Kier molecular flexibility index (Phi) is 6.10. The predicted molar refractivity (Wildman–Crippen MR) is 105 cm³/mol. The highest BCUT2D eigenvalue weighted by Crippen LogP contribution is 2.33. The van der Waals surface area contributed by atoms with Gasteiger partial charge >= 0.3 is 0 Å². The molecule has 2 N–H and O–H groups in total. The van der Waals surface area contributed by atoms with Gasteiger partial charge in [0.2, 0.25) is 5.91 Å². The number of amides is 1. The molecule has 5 heteroatoms. The zero-order valence-corrected chi connectivity index (χ0v) is 16.9. The number of aromatic nitrogens is 1. The van der Waals surface area contributed by atoms with Crippen molar-refractivity contribution < 1.29 is 4.79 Å². The average molecular weight is 394 g/mol. The number of benzene rings is 1. The molecular formula is C19H28BrN3O. The minimum atomic E-state index is -0.537. The number of carbonyl (C=O) groups excluding carboxylic acids is 1. The van der Waals surface area contributed by atoms with Gasteiger partial charge in [-0.15, -0.1) is 0 Å². The van der Waals surface area contributed by atoms with E-state index in [4.69, 9.17) is 0 Å². The number of nitrogens with zero attached hydrogens (tertiary/aromatic N) is 1. The number of hydrogen-bond donors (Lipinski definition) is 2. The van der Waals surface area contributed by atoms with Gasteiger partial charge in [-0.25, -0.2) is 0 Å². The molecule has 1 aromatic carbocycles. The molecule has 1 heterocycles. The van der Waals surface area contributed by atoms with Crippen LogP contribution in [0, 0.1) is 0 Å². The van der Waals surface area contributed by atoms with Crippen molar-refractivity contribution in [2.45, 2.75) is 39.5 Å². The van der Waals surface area contributed by atoms with E-state index in [1.807, 2.05) is 39.6 Å². The zero-order chi connectivity index (χ0) is 17.9. The number of hydrogen-bond acceptors (Lipinski definition) is 2. The Balaban J connectivity index is 2.47. The number of nitrogens with one attached hydrogen (secondary N) is 2. The second-order valence-corrected chi connectivity index (χ2v) is 7.43. The Hall–Kier alpha value is -1.33. The Bertz CT molecular complexity index is 717. The predicted octanol–water partition coefficient (Wildman–Crippen LogP) is 3.84. The van der Waals surface area contributed by atoms with Crippen molar-refractivity contribution in [3.8, 4) is 0 Å². The lowest BCUT2D eigenvalue weighted by atomic mass is 9.82. The third-order valence-electron chi connectivity index (χ3n) is 4.79. The standard InChI is InChI=1S/C19H28BrN3O/c1-6-23(7-2)18(24)19(3,4)13-8-9-16-15(12-13)14(10-11-21-5)17(20)22-16/h8-9,12,21-22H,6-7,10-11H2,1-5H3. The van der Waals surface area contributed by atoms with Crippen LogP contribution in [0.15, 0.2) is 22.8 Å². The molecule has 2 rings (SSSR count). The van der Waals surface area contributed by atoms with Crippen molar-refractivity contribution in [1.29, 1.82) is 0 Å². The van der Waals surface area contributed by atoms with Crippen molar-refractivity contribution in [2.75, 3.05) is 26.7 Å². The summed E-state index contributed by atoms with van der Waals surface area (Å²) >= 11 is 3.63. The van der Waals surface area contributed by atoms with Gasteiger partial charge in [-0.1, -0.05) is 6.07 Å². The minimum Gasteiger partial charge on any atom is -0.349 e. The van der Waals surface area contributed by atoms with Crippen molar-refractivity contribution in [2.24, 2.45) is 0 Å². The lowest BCUT2D eigenvalue weighted by Crippen LogP contribution is -2.43. The molecule has 1 amide bonds. The second-order valence-electron chi connectivity index (χ2n) is 6.63. The first-order chi connectivity index (χ1) is 11.4. The second kappa shape index (κ2) is 7.70. The van der Waals surface area contributed by atoms with Gasteiger partial charge in [0.1, 0.15) is 0 Å². The maximum Gasteiger partial charge on any atom is 0.232 e. The molecule has 0 spiro atoms. The molecule has 1 aromatic heterocycles. The zero-order valence-electron chi connectivity index (χ0n) is 15.3. The molecule has 0 unspecified atom stereocenters. The monoisotopic (exact) mass is 393 g/mol. The summed E-state index contributed by atoms with van der Waals surface area (Å²) in [4.78, 5) is 18.2. The van der Waals surface area contributed by atoms with Crippen LogP contribution < -0.4 is 5.32 Å². The molecular weight excluding hydrogens is 366 g/mol. The summed E-state index contributed by atoms with van der Waals surface area (Å²) in [5.74, 6) is 0.179. The number of carbonyl (C=O) groups is 1. The molecule has 0 aliphatic carbocycles. The van der Waals surface area contributed by atoms with Crippen LogP contribution in [0.25, 0.3) is 10.9 Å². The highest BCUT2D eigenvalue weighted by atomic mass is 79.9. The number of halogens is 1. The first-order valence-electron chi connectivity index (χ1n) is 8.61. The number of H-pyrrole nitrogens is 1. The summed E-state index contributed by atoms with van der Waals surface area (Å²) in [5, 5.41) is 4.39. The van der Waals surface area contributed by atoms with Crippen LogP contribution in [0.4, 0.5) is 0 Å². The largest absolute Gasteiger partial charge is 0.349 e. The van der Waals surface area contributed by atoms with Crippen LogP contribution in [0.5, 0.6) is 0 Å². The number of fused-ring (bicyclic) bond motifs is 1. The van der Waals surface area contributed by atoms with E-state index in [2.05, 4.69) is 44.4 Å². The van der Waals surface area contributed by atoms with E-state index in [-0.39, 0.29) is 5.91 Å². The Morgan fingerprint density at radius 1 is 1.29 bits per heavy atom. The van der Waals surface area contributed by atoms with Crippen LogP contribution in [0.3, 0.4) is 0 Å². The van der Waals surface area contributed by atoms with Gasteiger partial charge in [-0.3, -0.25) is 4.79 Å². The summed E-state index contributed by atoms with van der Waals surface area (Å²) in [6, 6.07) is 6.31. The summed E-state index contributed by atoms with van der Waals surface area (Å²) in [7, 11) is 1.96. The van der Waals surface area contributed by atoms with Gasteiger partial charge < -0.3 is 15.2 Å². The van der Waals surface area contributed by atoms with Crippen molar-refractivity contribution in [3.05, 3.63) is 33.9 Å². The maximum atomic E-state index is 12.9. The molecule has 2 aromatic rings. The van der Waals surface area contributed by atoms with Gasteiger partial charge in [0.05, 0.1) is 10.0 Å². The van der Waals surface area contributed by atoms with E-state index in [9.17, 15) is 4.79 Å². The smallest absolute Gasteiger partial charge is 0.232 e. The molecule has 0 radical (unpaired) electrons. The van der Waals surface area contributed by atoms with E-state index < -0.39 is 5.41 Å². The van der Waals surface area contributed by atoms with Gasteiger partial charge in [0.15, 0.2) is 0 Å². The molecule has 0 fully saturated rings. The van der Waals surface area contributed by atoms with E-state index in [1.165, 1.54) is 10.9 Å². The Labute approximate surface area is 153 Å². The molecule has 0 saturated carbocycles. The molecule has 132 valence electrons. The SMILES string of the molecule is CCN(CC)C(=O)C(C)(C)c1ccc2[nH]c(Br)c(CCNC)c2c1. The lowest BCUT2D eigenvalue weighted by Gasteiger charge is -2.31. The Morgan fingerprint density at radius 3 is 2.54 bits per heavy atom. The van der Waals surface area contributed by atoms with E-state index in [1.54, 1.807) is 0 Å². The maximum absolute atomic E-state index is 12.9. The van der Waals surface area contributed by atoms with Crippen LogP contribution in [0.2, 0.25) is 0 Å². The van der Waals surface area contributed by atoms with Gasteiger partial charge in [0.25, 0.3) is 0 Å². The van der Waals surface area contributed by atoms with Crippen molar-refractivity contribution >= 4 is 32.7 Å². The quantitative estimate of drug-likeness (QED) is 0.750. The number of likely N-dealkylation sites (N-methyl/N-ethyl adjacent to an activating group) is 2. The summed E-state index contributed by atoms with van der Waals surface area (Å²) in [5.41, 5.74) is 2.88. The Morgan fingerprint density at radius 2 is 1.96 bits per heavy atom. The van der Waals surface area contributed by atoms with Gasteiger partial charge in [-0.05, 0) is 86.9 Å². The molecule has 4 nitrogen and oxygen atoms in total. The van der Waals surface area contributed by atoms with Crippen LogP contribution >= 0.6 is 15.9 Å². The van der Waals surface area contributed by atoms with E-state index in [0.29, 0.717) is 0 Å². The highest BCUT2D eigenvalue weighted by molar-refractivity contribution is 9.10. The fraction of sp³-hybridized carbons (Fsp3) is 0.526. The lowest BCUT2D eigenvalue weighted by molar-refractivity contribution is -0.135. The topological polar surface area (TPSA) is 48.1 Å². The summed E-state index contributed by atoms with van der Waals surface area (Å²) in [6.07, 6.45) is 0.935. The normalized spacial score (nSPS) is 11.9. The van der Waals surface area contributed by atoms with Crippen LogP contribution in [0.1, 0.15) is 38.8 Å². The van der Waals surface area contributed by atoms with Crippen molar-refractivity contribution in [1.82, 2.24) is 15.2 Å². The van der Waals surface area contributed by atoms with E-state index in [0.717, 1.165) is 41.7 Å². The fourth-order valence-electron chi connectivity index (χ4n) is 3.13. The van der Waals surface area contributed by atoms with Crippen LogP contribution in [-0.2, 0) is 16.6 Å². The van der Waals surface area contributed by atoms with Gasteiger partial charge in [-0.2, -0.15) is 0 Å². The summed E-state index contributed by atoms with van der Waals surface area (Å²) < 4.78 is 1.03. The molecule has 24 heavy (non-hydrogen) atoms. The van der Waals surface area contributed by atoms with E-state index >= 15 is 0 Å². The highest BCUT2D eigenvalue weighted by Gasteiger charge is 2.33. The van der Waals surface area contributed by atoms with Gasteiger partial charge in [0, 0.05) is 24.0 Å².